The largest absolute Gasteiger partial charge is 0.298 e. The van der Waals surface area contributed by atoms with Crippen LogP contribution in [0.1, 0.15) is 36.0 Å². The topological polar surface area (TPSA) is 80.5 Å². The number of piperidine rings is 3. The molecular formula is C16H17ClN2O4. The molecule has 0 N–H and O–H groups in total. The van der Waals surface area contributed by atoms with Gasteiger partial charge in [0.1, 0.15) is 5.02 Å². The number of nitro benzene ring substituents is 1. The molecular weight excluding hydrogens is 320 g/mol. The third-order valence-corrected chi connectivity index (χ3v) is 5.13. The average Bonchev–Trinajstić information content (AvgIpc) is 2.55. The second kappa shape index (κ2) is 6.37. The van der Waals surface area contributed by atoms with E-state index in [1.807, 2.05) is 0 Å². The summed E-state index contributed by atoms with van der Waals surface area (Å²) in [6.07, 6.45) is 2.53. The molecule has 1 aromatic carbocycles. The highest BCUT2D eigenvalue weighted by Crippen LogP contribution is 2.31. The Labute approximate surface area is 138 Å². The molecule has 1 atom stereocenters. The van der Waals surface area contributed by atoms with Crippen LogP contribution in [0.15, 0.2) is 18.2 Å². The Hall–Kier alpha value is -1.79. The SMILES string of the molecule is O=C(CCC1C(=O)C2CCN1CC2)c1ccc(Cl)c([N+](=O)[O-])c1. The van der Waals surface area contributed by atoms with Gasteiger partial charge in [0.05, 0.1) is 11.0 Å². The summed E-state index contributed by atoms with van der Waals surface area (Å²) < 4.78 is 0. The number of nitrogens with zero attached hydrogens (tertiary/aromatic N) is 2. The number of fused-ring (bicyclic) bond motifs is 3. The predicted molar refractivity (Wildman–Crippen MR) is 84.8 cm³/mol. The van der Waals surface area contributed by atoms with Crippen molar-refractivity contribution in [1.82, 2.24) is 4.90 Å². The molecule has 0 spiro atoms. The second-order valence-corrected chi connectivity index (χ2v) is 6.52. The molecule has 4 rings (SSSR count). The third kappa shape index (κ3) is 3.14. The van der Waals surface area contributed by atoms with Crippen molar-refractivity contribution in [1.29, 1.82) is 0 Å². The maximum absolute atomic E-state index is 12.3. The highest BCUT2D eigenvalue weighted by molar-refractivity contribution is 6.32. The van der Waals surface area contributed by atoms with Crippen molar-refractivity contribution in [3.63, 3.8) is 0 Å². The fourth-order valence-electron chi connectivity index (χ4n) is 3.51. The van der Waals surface area contributed by atoms with E-state index in [1.54, 1.807) is 0 Å². The van der Waals surface area contributed by atoms with Gasteiger partial charge in [-0.15, -0.1) is 0 Å². The zero-order chi connectivity index (χ0) is 16.6. The number of carbonyl (C=O) groups excluding carboxylic acids is 2. The standard InChI is InChI=1S/C16H17ClN2O4/c17-12-2-1-11(9-14(12)19(22)23)15(20)4-3-13-16(21)10-5-7-18(13)8-6-10/h1-2,9-10,13H,3-8H2. The summed E-state index contributed by atoms with van der Waals surface area (Å²) in [7, 11) is 0. The molecule has 7 heteroatoms. The van der Waals surface area contributed by atoms with E-state index in [-0.39, 0.29) is 46.2 Å². The molecule has 3 fully saturated rings. The quantitative estimate of drug-likeness (QED) is 0.469. The first-order valence-electron chi connectivity index (χ1n) is 7.72. The molecule has 2 bridgehead atoms. The van der Waals surface area contributed by atoms with E-state index in [1.165, 1.54) is 18.2 Å². The molecule has 3 aliphatic rings. The number of rotatable bonds is 5. The Kier molecular flexibility index (Phi) is 4.46. The van der Waals surface area contributed by atoms with E-state index in [0.717, 1.165) is 25.9 Å². The van der Waals surface area contributed by atoms with Crippen LogP contribution in [0, 0.1) is 16.0 Å². The van der Waals surface area contributed by atoms with Gasteiger partial charge in [-0.1, -0.05) is 11.6 Å². The van der Waals surface area contributed by atoms with E-state index < -0.39 is 4.92 Å². The van der Waals surface area contributed by atoms with Gasteiger partial charge in [0.25, 0.3) is 5.69 Å². The predicted octanol–water partition coefficient (Wildman–Crippen LogP) is 2.87. The summed E-state index contributed by atoms with van der Waals surface area (Å²) in [5, 5.41) is 10.9. The maximum atomic E-state index is 12.3. The van der Waals surface area contributed by atoms with Crippen molar-refractivity contribution in [2.75, 3.05) is 13.1 Å². The fraction of sp³-hybridized carbons (Fsp3) is 0.500. The second-order valence-electron chi connectivity index (χ2n) is 6.11. The number of benzene rings is 1. The molecule has 0 aromatic heterocycles. The number of Topliss-reactive ketones (excluding diaryl/α,β-unsaturated/α-hetero) is 2. The van der Waals surface area contributed by atoms with Crippen LogP contribution < -0.4 is 0 Å². The summed E-state index contributed by atoms with van der Waals surface area (Å²) in [6, 6.07) is 3.89. The van der Waals surface area contributed by atoms with Crippen LogP contribution >= 0.6 is 11.6 Å². The Bertz CT molecular complexity index is 668. The van der Waals surface area contributed by atoms with Crippen molar-refractivity contribution in [2.45, 2.75) is 31.7 Å². The molecule has 1 unspecified atom stereocenters. The van der Waals surface area contributed by atoms with Crippen LogP contribution in [0.4, 0.5) is 5.69 Å². The van der Waals surface area contributed by atoms with Crippen LogP contribution in [-0.4, -0.2) is 40.5 Å². The van der Waals surface area contributed by atoms with Crippen molar-refractivity contribution in [3.05, 3.63) is 38.9 Å². The minimum atomic E-state index is -0.603. The van der Waals surface area contributed by atoms with Gasteiger partial charge in [0.2, 0.25) is 0 Å². The first-order chi connectivity index (χ1) is 11.0. The molecule has 1 aromatic rings. The zero-order valence-electron chi connectivity index (χ0n) is 12.5. The van der Waals surface area contributed by atoms with Gasteiger partial charge >= 0.3 is 0 Å². The molecule has 0 amide bonds. The lowest BCUT2D eigenvalue weighted by Crippen LogP contribution is -2.55. The van der Waals surface area contributed by atoms with Gasteiger partial charge in [-0.25, -0.2) is 0 Å². The van der Waals surface area contributed by atoms with E-state index in [4.69, 9.17) is 11.6 Å². The van der Waals surface area contributed by atoms with Crippen LogP contribution in [0.3, 0.4) is 0 Å². The Balaban J connectivity index is 1.67. The van der Waals surface area contributed by atoms with Gasteiger partial charge in [-0.3, -0.25) is 24.6 Å². The number of ketones is 2. The monoisotopic (exact) mass is 336 g/mol. The lowest BCUT2D eigenvalue weighted by atomic mass is 9.80. The number of hydrogen-bond acceptors (Lipinski definition) is 5. The molecule has 23 heavy (non-hydrogen) atoms. The normalized spacial score (nSPS) is 26.3. The van der Waals surface area contributed by atoms with Crippen LogP contribution in [0.25, 0.3) is 0 Å². The van der Waals surface area contributed by atoms with Gasteiger partial charge in [0, 0.05) is 24.0 Å². The van der Waals surface area contributed by atoms with Crippen LogP contribution in [0.2, 0.25) is 5.02 Å². The summed E-state index contributed by atoms with van der Waals surface area (Å²) in [5.41, 5.74) is -0.00131. The molecule has 0 radical (unpaired) electrons. The van der Waals surface area contributed by atoms with E-state index in [2.05, 4.69) is 4.90 Å². The number of halogens is 1. The highest BCUT2D eigenvalue weighted by Gasteiger charge is 2.40. The lowest BCUT2D eigenvalue weighted by molar-refractivity contribution is -0.384. The first-order valence-corrected chi connectivity index (χ1v) is 8.10. The summed E-state index contributed by atoms with van der Waals surface area (Å²) in [6.45, 7) is 1.84. The Morgan fingerprint density at radius 3 is 2.65 bits per heavy atom. The van der Waals surface area contributed by atoms with Gasteiger partial charge < -0.3 is 0 Å². The number of carbonyl (C=O) groups is 2. The molecule has 0 aliphatic carbocycles. The van der Waals surface area contributed by atoms with E-state index >= 15 is 0 Å². The smallest absolute Gasteiger partial charge is 0.288 e. The van der Waals surface area contributed by atoms with Crippen molar-refractivity contribution < 1.29 is 14.5 Å². The van der Waals surface area contributed by atoms with Gasteiger partial charge in [-0.05, 0) is 44.5 Å². The van der Waals surface area contributed by atoms with Crippen molar-refractivity contribution >= 4 is 28.9 Å². The zero-order valence-corrected chi connectivity index (χ0v) is 13.3. The van der Waals surface area contributed by atoms with E-state index in [0.29, 0.717) is 6.42 Å². The van der Waals surface area contributed by atoms with Crippen LogP contribution in [-0.2, 0) is 4.79 Å². The number of hydrogen-bond donors (Lipinski definition) is 0. The first kappa shape index (κ1) is 16.1. The minimum Gasteiger partial charge on any atom is -0.298 e. The molecule has 3 saturated heterocycles. The summed E-state index contributed by atoms with van der Waals surface area (Å²) in [5.74, 6) is 0.203. The maximum Gasteiger partial charge on any atom is 0.288 e. The molecule has 3 heterocycles. The molecule has 0 saturated carbocycles. The minimum absolute atomic E-state index is 0.0115. The van der Waals surface area contributed by atoms with Crippen LogP contribution in [0.5, 0.6) is 0 Å². The highest BCUT2D eigenvalue weighted by atomic mass is 35.5. The third-order valence-electron chi connectivity index (χ3n) is 4.81. The number of nitro groups is 1. The Morgan fingerprint density at radius 1 is 1.35 bits per heavy atom. The summed E-state index contributed by atoms with van der Waals surface area (Å²) >= 11 is 5.75. The van der Waals surface area contributed by atoms with Gasteiger partial charge in [0.15, 0.2) is 11.6 Å². The summed E-state index contributed by atoms with van der Waals surface area (Å²) in [4.78, 5) is 37.0. The lowest BCUT2D eigenvalue weighted by Gasteiger charge is -2.44. The van der Waals surface area contributed by atoms with Crippen molar-refractivity contribution in [2.24, 2.45) is 5.92 Å². The Morgan fingerprint density at radius 2 is 2.04 bits per heavy atom. The van der Waals surface area contributed by atoms with Gasteiger partial charge in [-0.2, -0.15) is 0 Å². The van der Waals surface area contributed by atoms with Crippen molar-refractivity contribution in [3.8, 4) is 0 Å². The van der Waals surface area contributed by atoms with E-state index in [9.17, 15) is 19.7 Å². The fourth-order valence-corrected chi connectivity index (χ4v) is 3.70. The molecule has 3 aliphatic heterocycles. The molecule has 122 valence electrons. The average molecular weight is 337 g/mol. The molecule has 6 nitrogen and oxygen atoms in total.